The van der Waals surface area contributed by atoms with Crippen LogP contribution < -0.4 is 5.32 Å². The molecule has 0 aliphatic rings. The molecule has 23 heavy (non-hydrogen) atoms. The number of hydrogen-bond donors (Lipinski definition) is 1. The Morgan fingerprint density at radius 3 is 2.91 bits per heavy atom. The topological polar surface area (TPSA) is 72.7 Å². The van der Waals surface area contributed by atoms with Crippen LogP contribution in [-0.4, -0.2) is 32.1 Å². The molecule has 0 aromatic carbocycles. The standard InChI is InChI=1S/C15H13F2N5O/c1-9(23)20-14-6-12-10(7-18-14)8-19-22(12)15-4-2-3-11(21-15)5-13(16)17/h2-4,6-8,13H,5H2,1H3,(H,18,20,23). The van der Waals surface area contributed by atoms with Gasteiger partial charge in [-0.15, -0.1) is 0 Å². The first-order chi connectivity index (χ1) is 11.0. The fraction of sp³-hybridized carbons (Fsp3) is 0.200. The molecule has 0 bridgehead atoms. The highest BCUT2D eigenvalue weighted by atomic mass is 19.3. The third-order valence-electron chi connectivity index (χ3n) is 3.13. The zero-order valence-corrected chi connectivity index (χ0v) is 12.2. The van der Waals surface area contributed by atoms with Gasteiger partial charge in [-0.05, 0) is 12.1 Å². The second-order valence-electron chi connectivity index (χ2n) is 4.95. The summed E-state index contributed by atoms with van der Waals surface area (Å²) in [6, 6.07) is 6.54. The van der Waals surface area contributed by atoms with Gasteiger partial charge in [0.25, 0.3) is 0 Å². The fourth-order valence-corrected chi connectivity index (χ4v) is 2.21. The Labute approximate surface area is 130 Å². The summed E-state index contributed by atoms with van der Waals surface area (Å²) >= 11 is 0. The maximum atomic E-state index is 12.5. The molecule has 6 nitrogen and oxygen atoms in total. The van der Waals surface area contributed by atoms with Crippen molar-refractivity contribution in [1.29, 1.82) is 0 Å². The number of carbonyl (C=O) groups excluding carboxylic acids is 1. The van der Waals surface area contributed by atoms with Crippen LogP contribution in [-0.2, 0) is 11.2 Å². The van der Waals surface area contributed by atoms with Crippen LogP contribution >= 0.6 is 0 Å². The van der Waals surface area contributed by atoms with Crippen molar-refractivity contribution in [2.24, 2.45) is 0 Å². The number of rotatable bonds is 4. The van der Waals surface area contributed by atoms with Gasteiger partial charge in [0.1, 0.15) is 5.82 Å². The molecule has 3 heterocycles. The Balaban J connectivity index is 2.03. The van der Waals surface area contributed by atoms with Crippen LogP contribution in [0.25, 0.3) is 16.7 Å². The molecule has 8 heteroatoms. The van der Waals surface area contributed by atoms with Crippen LogP contribution in [0.3, 0.4) is 0 Å². The Kier molecular flexibility index (Phi) is 3.96. The van der Waals surface area contributed by atoms with E-state index in [0.717, 1.165) is 5.39 Å². The van der Waals surface area contributed by atoms with Crippen molar-refractivity contribution in [2.45, 2.75) is 19.8 Å². The van der Waals surface area contributed by atoms with Crippen molar-refractivity contribution < 1.29 is 13.6 Å². The van der Waals surface area contributed by atoms with Gasteiger partial charge in [-0.25, -0.2) is 23.4 Å². The zero-order valence-electron chi connectivity index (χ0n) is 12.2. The van der Waals surface area contributed by atoms with E-state index in [4.69, 9.17) is 0 Å². The second-order valence-corrected chi connectivity index (χ2v) is 4.95. The second kappa shape index (κ2) is 6.07. The smallest absolute Gasteiger partial charge is 0.244 e. The molecule has 0 radical (unpaired) electrons. The van der Waals surface area contributed by atoms with Crippen LogP contribution in [0, 0.1) is 0 Å². The zero-order chi connectivity index (χ0) is 16.4. The van der Waals surface area contributed by atoms with Gasteiger partial charge in [0.2, 0.25) is 12.3 Å². The number of alkyl halides is 2. The quantitative estimate of drug-likeness (QED) is 0.803. The monoisotopic (exact) mass is 317 g/mol. The molecule has 0 aliphatic heterocycles. The van der Waals surface area contributed by atoms with E-state index in [0.29, 0.717) is 17.2 Å². The Morgan fingerprint density at radius 2 is 2.17 bits per heavy atom. The number of nitrogens with one attached hydrogen (secondary N) is 1. The molecule has 0 saturated heterocycles. The minimum Gasteiger partial charge on any atom is -0.311 e. The van der Waals surface area contributed by atoms with Gasteiger partial charge in [-0.1, -0.05) is 6.07 Å². The van der Waals surface area contributed by atoms with Gasteiger partial charge in [-0.3, -0.25) is 4.79 Å². The van der Waals surface area contributed by atoms with Crippen molar-refractivity contribution in [1.82, 2.24) is 19.7 Å². The Hall–Kier alpha value is -2.90. The molecule has 118 valence electrons. The highest BCUT2D eigenvalue weighted by Gasteiger charge is 2.11. The lowest BCUT2D eigenvalue weighted by Gasteiger charge is -2.06. The van der Waals surface area contributed by atoms with Gasteiger partial charge in [0.05, 0.1) is 18.1 Å². The molecule has 3 aromatic rings. The summed E-state index contributed by atoms with van der Waals surface area (Å²) in [5.41, 5.74) is 0.961. The average Bonchev–Trinajstić information content (AvgIpc) is 2.89. The number of fused-ring (bicyclic) bond motifs is 1. The van der Waals surface area contributed by atoms with Crippen molar-refractivity contribution in [2.75, 3.05) is 5.32 Å². The summed E-state index contributed by atoms with van der Waals surface area (Å²) in [6.07, 6.45) is 0.308. The number of amides is 1. The summed E-state index contributed by atoms with van der Waals surface area (Å²) in [5, 5.41) is 7.56. The molecule has 0 unspecified atom stereocenters. The predicted molar refractivity (Wildman–Crippen MR) is 80.7 cm³/mol. The van der Waals surface area contributed by atoms with E-state index < -0.39 is 12.8 Å². The predicted octanol–water partition coefficient (Wildman–Crippen LogP) is 2.58. The van der Waals surface area contributed by atoms with Gasteiger partial charge in [0.15, 0.2) is 5.82 Å². The summed E-state index contributed by atoms with van der Waals surface area (Å²) in [6.45, 7) is 1.39. The van der Waals surface area contributed by atoms with Crippen molar-refractivity contribution in [3.8, 4) is 5.82 Å². The number of carbonyl (C=O) groups is 1. The fourth-order valence-electron chi connectivity index (χ4n) is 2.21. The number of nitrogens with zero attached hydrogens (tertiary/aromatic N) is 4. The first kappa shape index (κ1) is 15.0. The highest BCUT2D eigenvalue weighted by molar-refractivity contribution is 5.90. The van der Waals surface area contributed by atoms with Gasteiger partial charge < -0.3 is 5.32 Å². The number of anilines is 1. The molecule has 1 N–H and O–H groups in total. The van der Waals surface area contributed by atoms with E-state index in [1.807, 2.05) is 0 Å². The average molecular weight is 317 g/mol. The maximum absolute atomic E-state index is 12.5. The molecule has 0 atom stereocenters. The summed E-state index contributed by atoms with van der Waals surface area (Å²) in [5.74, 6) is 0.577. The van der Waals surface area contributed by atoms with Crippen LogP contribution in [0.2, 0.25) is 0 Å². The summed E-state index contributed by atoms with van der Waals surface area (Å²) < 4.78 is 26.5. The molecule has 1 amide bonds. The third kappa shape index (κ3) is 3.31. The maximum Gasteiger partial charge on any atom is 0.244 e. The number of hydrogen-bond acceptors (Lipinski definition) is 4. The summed E-state index contributed by atoms with van der Waals surface area (Å²) in [4.78, 5) is 19.4. The van der Waals surface area contributed by atoms with Gasteiger partial charge >= 0.3 is 0 Å². The molecule has 0 saturated carbocycles. The molecule has 0 spiro atoms. The largest absolute Gasteiger partial charge is 0.311 e. The van der Waals surface area contributed by atoms with Crippen molar-refractivity contribution >= 4 is 22.6 Å². The normalized spacial score (nSPS) is 11.1. The Bertz CT molecular complexity index is 862. The van der Waals surface area contributed by atoms with Crippen LogP contribution in [0.4, 0.5) is 14.6 Å². The first-order valence-electron chi connectivity index (χ1n) is 6.89. The molecular weight excluding hydrogens is 304 g/mol. The molecule has 0 fully saturated rings. The van der Waals surface area contributed by atoms with E-state index >= 15 is 0 Å². The van der Waals surface area contributed by atoms with E-state index in [1.165, 1.54) is 11.6 Å². The van der Waals surface area contributed by atoms with Crippen molar-refractivity contribution in [3.05, 3.63) is 42.4 Å². The lowest BCUT2D eigenvalue weighted by Crippen LogP contribution is -2.08. The minimum absolute atomic E-state index is 0.236. The number of pyridine rings is 2. The molecule has 0 aliphatic carbocycles. The van der Waals surface area contributed by atoms with E-state index in [2.05, 4.69) is 20.4 Å². The molecular formula is C15H13F2N5O. The lowest BCUT2D eigenvalue weighted by atomic mass is 10.2. The van der Waals surface area contributed by atoms with Gasteiger partial charge in [0, 0.05) is 30.3 Å². The van der Waals surface area contributed by atoms with E-state index in [-0.39, 0.29) is 11.6 Å². The highest BCUT2D eigenvalue weighted by Crippen LogP contribution is 2.20. The summed E-state index contributed by atoms with van der Waals surface area (Å²) in [7, 11) is 0. The third-order valence-corrected chi connectivity index (χ3v) is 3.13. The molecule has 3 rings (SSSR count). The number of halogens is 2. The molecule has 3 aromatic heterocycles. The number of aromatic nitrogens is 4. The Morgan fingerprint density at radius 1 is 1.35 bits per heavy atom. The van der Waals surface area contributed by atoms with Crippen LogP contribution in [0.1, 0.15) is 12.6 Å². The van der Waals surface area contributed by atoms with E-state index in [9.17, 15) is 13.6 Å². The minimum atomic E-state index is -2.46. The van der Waals surface area contributed by atoms with Crippen LogP contribution in [0.15, 0.2) is 36.7 Å². The van der Waals surface area contributed by atoms with E-state index in [1.54, 1.807) is 36.7 Å². The van der Waals surface area contributed by atoms with Crippen LogP contribution in [0.5, 0.6) is 0 Å². The van der Waals surface area contributed by atoms with Crippen molar-refractivity contribution in [3.63, 3.8) is 0 Å². The first-order valence-corrected chi connectivity index (χ1v) is 6.89. The SMILES string of the molecule is CC(=O)Nc1cc2c(cn1)cnn2-c1cccc(CC(F)F)n1. The van der Waals surface area contributed by atoms with Gasteiger partial charge in [-0.2, -0.15) is 5.10 Å². The lowest BCUT2D eigenvalue weighted by molar-refractivity contribution is -0.114.